The van der Waals surface area contributed by atoms with Gasteiger partial charge in [-0.1, -0.05) is 12.8 Å². The van der Waals surface area contributed by atoms with Gasteiger partial charge in [-0.3, -0.25) is 0 Å². The van der Waals surface area contributed by atoms with Gasteiger partial charge in [0.1, 0.15) is 0 Å². The Balaban J connectivity index is 1.77. The third kappa shape index (κ3) is 1.47. The van der Waals surface area contributed by atoms with E-state index in [-0.39, 0.29) is 6.04 Å². The van der Waals surface area contributed by atoms with Crippen molar-refractivity contribution in [2.75, 3.05) is 0 Å². The minimum absolute atomic E-state index is 0.146. The summed E-state index contributed by atoms with van der Waals surface area (Å²) < 4.78 is 5.61. The Labute approximate surface area is 89.2 Å². The van der Waals surface area contributed by atoms with Crippen LogP contribution in [0.4, 0.5) is 0 Å². The van der Waals surface area contributed by atoms with E-state index in [1.54, 1.807) is 0 Å². The largest absolute Gasteiger partial charge is 0.423 e. The van der Waals surface area contributed by atoms with Gasteiger partial charge >= 0.3 is 0 Å². The maximum absolute atomic E-state index is 5.70. The molecular formula is C11H17N3O. The molecule has 2 aliphatic rings. The Kier molecular flexibility index (Phi) is 2.06. The molecule has 82 valence electrons. The second kappa shape index (κ2) is 3.30. The van der Waals surface area contributed by atoms with E-state index in [9.17, 15) is 0 Å². The molecule has 0 saturated heterocycles. The highest BCUT2D eigenvalue weighted by Crippen LogP contribution is 2.60. The zero-order valence-corrected chi connectivity index (χ0v) is 9.02. The molecule has 1 aromatic heterocycles. The van der Waals surface area contributed by atoms with Crippen LogP contribution >= 0.6 is 0 Å². The second-order valence-electron chi connectivity index (χ2n) is 4.91. The fourth-order valence-electron chi connectivity index (χ4n) is 2.92. The Bertz CT molecular complexity index is 348. The molecule has 0 spiro atoms. The van der Waals surface area contributed by atoms with Gasteiger partial charge in [-0.15, -0.1) is 10.2 Å². The number of rotatable bonds is 2. The highest BCUT2D eigenvalue weighted by molar-refractivity contribution is 5.14. The molecule has 4 heteroatoms. The van der Waals surface area contributed by atoms with Gasteiger partial charge in [0.2, 0.25) is 11.8 Å². The van der Waals surface area contributed by atoms with Crippen molar-refractivity contribution in [3.05, 3.63) is 11.8 Å². The predicted molar refractivity (Wildman–Crippen MR) is 55.1 cm³/mol. The summed E-state index contributed by atoms with van der Waals surface area (Å²) in [5.74, 6) is 3.60. The molecule has 0 bridgehead atoms. The number of fused-ring (bicyclic) bond motifs is 1. The molecule has 2 N–H and O–H groups in total. The van der Waals surface area contributed by atoms with E-state index in [0.29, 0.717) is 11.8 Å². The van der Waals surface area contributed by atoms with Gasteiger partial charge in [-0.2, -0.15) is 0 Å². The van der Waals surface area contributed by atoms with Crippen LogP contribution in [0.5, 0.6) is 0 Å². The van der Waals surface area contributed by atoms with Gasteiger partial charge < -0.3 is 10.2 Å². The molecular weight excluding hydrogens is 190 g/mol. The van der Waals surface area contributed by atoms with E-state index >= 15 is 0 Å². The summed E-state index contributed by atoms with van der Waals surface area (Å²) in [5.41, 5.74) is 5.70. The lowest BCUT2D eigenvalue weighted by atomic mass is 10.0. The van der Waals surface area contributed by atoms with Crippen LogP contribution in [0.1, 0.15) is 56.3 Å². The lowest BCUT2D eigenvalue weighted by Crippen LogP contribution is -2.04. The molecule has 2 saturated carbocycles. The Hall–Kier alpha value is -0.900. The zero-order chi connectivity index (χ0) is 10.4. The van der Waals surface area contributed by atoms with Crippen molar-refractivity contribution in [1.29, 1.82) is 0 Å². The Morgan fingerprint density at radius 2 is 1.93 bits per heavy atom. The van der Waals surface area contributed by atoms with Crippen LogP contribution < -0.4 is 5.73 Å². The first-order valence-electron chi connectivity index (χ1n) is 5.86. The van der Waals surface area contributed by atoms with E-state index in [0.717, 1.165) is 17.7 Å². The van der Waals surface area contributed by atoms with Gasteiger partial charge in [0.15, 0.2) is 0 Å². The Morgan fingerprint density at radius 3 is 2.47 bits per heavy atom. The number of hydrogen-bond donors (Lipinski definition) is 1. The van der Waals surface area contributed by atoms with E-state index in [1.165, 1.54) is 25.7 Å². The molecule has 0 aromatic carbocycles. The highest BCUT2D eigenvalue weighted by Gasteiger charge is 2.54. The van der Waals surface area contributed by atoms with E-state index in [4.69, 9.17) is 10.2 Å². The average molecular weight is 207 g/mol. The lowest BCUT2D eigenvalue weighted by Gasteiger charge is -2.04. The maximum atomic E-state index is 5.70. The highest BCUT2D eigenvalue weighted by atomic mass is 16.4. The fraction of sp³-hybridized carbons (Fsp3) is 0.818. The standard InChI is InChI=1S/C11H17N3O/c1-6(12)10-13-14-11(15-10)9-7-4-2-3-5-8(7)9/h6-9H,2-5,12H2,1H3. The molecule has 0 amide bonds. The van der Waals surface area contributed by atoms with Crippen molar-refractivity contribution in [2.45, 2.75) is 44.6 Å². The maximum Gasteiger partial charge on any atom is 0.232 e. The fourth-order valence-corrected chi connectivity index (χ4v) is 2.92. The van der Waals surface area contributed by atoms with Crippen molar-refractivity contribution in [3.8, 4) is 0 Å². The number of aromatic nitrogens is 2. The van der Waals surface area contributed by atoms with Crippen molar-refractivity contribution in [1.82, 2.24) is 10.2 Å². The van der Waals surface area contributed by atoms with Crippen LogP contribution in [0, 0.1) is 11.8 Å². The summed E-state index contributed by atoms with van der Waals surface area (Å²) in [5, 5.41) is 8.12. The van der Waals surface area contributed by atoms with Crippen LogP contribution in [0.15, 0.2) is 4.42 Å². The first-order valence-corrected chi connectivity index (χ1v) is 5.86. The summed E-state index contributed by atoms with van der Waals surface area (Å²) in [6, 6.07) is -0.146. The predicted octanol–water partition coefficient (Wildman–Crippen LogP) is 1.99. The molecule has 2 fully saturated rings. The van der Waals surface area contributed by atoms with Crippen LogP contribution in [-0.4, -0.2) is 10.2 Å². The van der Waals surface area contributed by atoms with E-state index < -0.39 is 0 Å². The molecule has 1 aromatic rings. The van der Waals surface area contributed by atoms with Crippen molar-refractivity contribution >= 4 is 0 Å². The SMILES string of the molecule is CC(N)c1nnc(C2C3CCCCC32)o1. The average Bonchev–Trinajstić information content (AvgIpc) is 2.75. The monoisotopic (exact) mass is 207 g/mol. The minimum Gasteiger partial charge on any atom is -0.423 e. The van der Waals surface area contributed by atoms with Gasteiger partial charge in [0.25, 0.3) is 0 Å². The molecule has 3 unspecified atom stereocenters. The lowest BCUT2D eigenvalue weighted by molar-refractivity contribution is 0.421. The molecule has 4 nitrogen and oxygen atoms in total. The smallest absolute Gasteiger partial charge is 0.232 e. The summed E-state index contributed by atoms with van der Waals surface area (Å²) in [4.78, 5) is 0. The normalized spacial score (nSPS) is 36.0. The summed E-state index contributed by atoms with van der Waals surface area (Å²) in [6.45, 7) is 1.87. The minimum atomic E-state index is -0.146. The first-order chi connectivity index (χ1) is 7.27. The third-order valence-corrected chi connectivity index (χ3v) is 3.79. The van der Waals surface area contributed by atoms with Gasteiger partial charge in [0.05, 0.1) is 6.04 Å². The van der Waals surface area contributed by atoms with Crippen LogP contribution in [-0.2, 0) is 0 Å². The summed E-state index contributed by atoms with van der Waals surface area (Å²) in [6.07, 6.45) is 5.41. The van der Waals surface area contributed by atoms with Crippen LogP contribution in [0.3, 0.4) is 0 Å². The number of nitrogens with zero attached hydrogens (tertiary/aromatic N) is 2. The molecule has 2 aliphatic carbocycles. The van der Waals surface area contributed by atoms with Crippen molar-refractivity contribution in [2.24, 2.45) is 17.6 Å². The summed E-state index contributed by atoms with van der Waals surface area (Å²) >= 11 is 0. The van der Waals surface area contributed by atoms with Gasteiger partial charge in [0, 0.05) is 5.92 Å². The molecule has 1 heterocycles. The second-order valence-corrected chi connectivity index (χ2v) is 4.91. The van der Waals surface area contributed by atoms with E-state index in [2.05, 4.69) is 10.2 Å². The molecule has 3 rings (SSSR count). The first kappa shape index (κ1) is 9.33. The van der Waals surface area contributed by atoms with Crippen molar-refractivity contribution in [3.63, 3.8) is 0 Å². The topological polar surface area (TPSA) is 64.9 Å². The van der Waals surface area contributed by atoms with Crippen LogP contribution in [0.2, 0.25) is 0 Å². The Morgan fingerprint density at radius 1 is 1.27 bits per heavy atom. The third-order valence-electron chi connectivity index (χ3n) is 3.79. The quantitative estimate of drug-likeness (QED) is 0.805. The number of hydrogen-bond acceptors (Lipinski definition) is 4. The van der Waals surface area contributed by atoms with Crippen LogP contribution in [0.25, 0.3) is 0 Å². The molecule has 3 atom stereocenters. The van der Waals surface area contributed by atoms with Gasteiger partial charge in [-0.25, -0.2) is 0 Å². The zero-order valence-electron chi connectivity index (χ0n) is 9.02. The molecule has 0 radical (unpaired) electrons. The van der Waals surface area contributed by atoms with Crippen molar-refractivity contribution < 1.29 is 4.42 Å². The molecule has 15 heavy (non-hydrogen) atoms. The summed E-state index contributed by atoms with van der Waals surface area (Å²) in [7, 11) is 0. The molecule has 0 aliphatic heterocycles. The van der Waals surface area contributed by atoms with E-state index in [1.807, 2.05) is 6.92 Å². The number of nitrogens with two attached hydrogens (primary N) is 1. The van der Waals surface area contributed by atoms with Gasteiger partial charge in [-0.05, 0) is 31.6 Å².